The van der Waals surface area contributed by atoms with Crippen molar-refractivity contribution in [2.75, 3.05) is 39.1 Å². The number of benzene rings is 1. The molecule has 0 aliphatic heterocycles. The molecule has 1 aromatic rings. The van der Waals surface area contributed by atoms with Crippen LogP contribution in [-0.4, -0.2) is 44.6 Å². The first-order valence-corrected chi connectivity index (χ1v) is 7.98. The molecule has 122 valence electrons. The van der Waals surface area contributed by atoms with Crippen molar-refractivity contribution >= 4 is 11.6 Å². The van der Waals surface area contributed by atoms with E-state index < -0.39 is 0 Å². The van der Waals surface area contributed by atoms with Crippen LogP contribution in [0.3, 0.4) is 0 Å². The summed E-state index contributed by atoms with van der Waals surface area (Å²) in [5, 5.41) is 2.99. The molecule has 2 rings (SSSR count). The molecular weight excluding hydrogens is 278 g/mol. The largest absolute Gasteiger partial charge is 0.492 e. The Balaban J connectivity index is 1.84. The maximum absolute atomic E-state index is 12.3. The Morgan fingerprint density at radius 3 is 2.68 bits per heavy atom. The Morgan fingerprint density at radius 2 is 2.05 bits per heavy atom. The topological polar surface area (TPSA) is 67.6 Å². The van der Waals surface area contributed by atoms with Crippen molar-refractivity contribution in [3.63, 3.8) is 0 Å². The monoisotopic (exact) mass is 305 g/mol. The van der Waals surface area contributed by atoms with Crippen LogP contribution in [0, 0.1) is 11.8 Å². The molecule has 22 heavy (non-hydrogen) atoms. The van der Waals surface area contributed by atoms with Crippen LogP contribution >= 0.6 is 0 Å². The lowest BCUT2D eigenvalue weighted by Crippen LogP contribution is -2.29. The minimum atomic E-state index is 0.0565. The third kappa shape index (κ3) is 4.71. The SMILES string of the molecule is CN(C)CCOc1ccc(NC(=O)[C@@H]2CCC[C@@H]2CN)cc1. The lowest BCUT2D eigenvalue weighted by atomic mass is 9.95. The summed E-state index contributed by atoms with van der Waals surface area (Å²) in [6, 6.07) is 7.55. The van der Waals surface area contributed by atoms with Crippen LogP contribution < -0.4 is 15.8 Å². The molecule has 1 fully saturated rings. The second-order valence-electron chi connectivity index (χ2n) is 6.20. The van der Waals surface area contributed by atoms with E-state index in [4.69, 9.17) is 10.5 Å². The number of carbonyl (C=O) groups is 1. The van der Waals surface area contributed by atoms with Gasteiger partial charge < -0.3 is 20.7 Å². The van der Waals surface area contributed by atoms with Gasteiger partial charge in [0.1, 0.15) is 12.4 Å². The van der Waals surface area contributed by atoms with E-state index >= 15 is 0 Å². The molecule has 1 amide bonds. The molecule has 3 N–H and O–H groups in total. The van der Waals surface area contributed by atoms with Crippen LogP contribution in [0.2, 0.25) is 0 Å². The van der Waals surface area contributed by atoms with Gasteiger partial charge in [0.15, 0.2) is 0 Å². The second kappa shape index (κ2) is 8.15. The lowest BCUT2D eigenvalue weighted by Gasteiger charge is -2.17. The number of likely N-dealkylation sites (N-methyl/N-ethyl adjacent to an activating group) is 1. The Bertz CT molecular complexity index is 473. The predicted molar refractivity (Wildman–Crippen MR) is 89.0 cm³/mol. The standard InChI is InChI=1S/C17H27N3O2/c1-20(2)10-11-22-15-8-6-14(7-9-15)19-17(21)16-5-3-4-13(16)12-18/h6-9,13,16H,3-5,10-12,18H2,1-2H3,(H,19,21)/t13-,16-/m1/s1. The Labute approximate surface area is 132 Å². The van der Waals surface area contributed by atoms with E-state index in [2.05, 4.69) is 10.2 Å². The van der Waals surface area contributed by atoms with Crippen molar-refractivity contribution in [2.24, 2.45) is 17.6 Å². The maximum Gasteiger partial charge on any atom is 0.227 e. The van der Waals surface area contributed by atoms with Gasteiger partial charge in [0.25, 0.3) is 0 Å². The number of carbonyl (C=O) groups excluding carboxylic acids is 1. The van der Waals surface area contributed by atoms with E-state index in [-0.39, 0.29) is 11.8 Å². The molecule has 5 nitrogen and oxygen atoms in total. The average molecular weight is 305 g/mol. The molecule has 0 radical (unpaired) electrons. The highest BCUT2D eigenvalue weighted by atomic mass is 16.5. The molecule has 0 bridgehead atoms. The van der Waals surface area contributed by atoms with E-state index in [1.54, 1.807) is 0 Å². The van der Waals surface area contributed by atoms with E-state index in [0.29, 0.717) is 19.1 Å². The highest BCUT2D eigenvalue weighted by molar-refractivity contribution is 5.93. The molecule has 0 spiro atoms. The molecule has 0 unspecified atom stereocenters. The van der Waals surface area contributed by atoms with Gasteiger partial charge in [0.05, 0.1) is 0 Å². The molecule has 1 saturated carbocycles. The molecule has 0 heterocycles. The highest BCUT2D eigenvalue weighted by Crippen LogP contribution is 2.32. The summed E-state index contributed by atoms with van der Waals surface area (Å²) in [7, 11) is 4.03. The van der Waals surface area contributed by atoms with Gasteiger partial charge in [0.2, 0.25) is 5.91 Å². The first-order chi connectivity index (χ1) is 10.6. The minimum absolute atomic E-state index is 0.0565. The fourth-order valence-corrected chi connectivity index (χ4v) is 2.88. The number of ether oxygens (including phenoxy) is 1. The van der Waals surface area contributed by atoms with Crippen LogP contribution in [0.25, 0.3) is 0 Å². The van der Waals surface area contributed by atoms with E-state index in [1.165, 1.54) is 0 Å². The zero-order valence-electron chi connectivity index (χ0n) is 13.5. The Hall–Kier alpha value is -1.59. The van der Waals surface area contributed by atoms with Crippen LogP contribution in [0.5, 0.6) is 5.75 Å². The minimum Gasteiger partial charge on any atom is -0.492 e. The number of rotatable bonds is 7. The van der Waals surface area contributed by atoms with Crippen LogP contribution in [0.15, 0.2) is 24.3 Å². The molecule has 0 aromatic heterocycles. The van der Waals surface area contributed by atoms with Crippen LogP contribution in [0.1, 0.15) is 19.3 Å². The average Bonchev–Trinajstić information content (AvgIpc) is 2.97. The molecular formula is C17H27N3O2. The summed E-state index contributed by atoms with van der Waals surface area (Å²) >= 11 is 0. The van der Waals surface area contributed by atoms with Gasteiger partial charge in [-0.1, -0.05) is 6.42 Å². The molecule has 1 aliphatic rings. The second-order valence-corrected chi connectivity index (χ2v) is 6.20. The molecule has 5 heteroatoms. The van der Waals surface area contributed by atoms with Crippen molar-refractivity contribution in [3.05, 3.63) is 24.3 Å². The zero-order valence-corrected chi connectivity index (χ0v) is 13.5. The van der Waals surface area contributed by atoms with Crippen molar-refractivity contribution in [1.29, 1.82) is 0 Å². The van der Waals surface area contributed by atoms with Gasteiger partial charge in [-0.25, -0.2) is 0 Å². The van der Waals surface area contributed by atoms with Crippen LogP contribution in [-0.2, 0) is 4.79 Å². The number of nitrogens with two attached hydrogens (primary N) is 1. The number of hydrogen-bond donors (Lipinski definition) is 2. The Morgan fingerprint density at radius 1 is 1.32 bits per heavy atom. The lowest BCUT2D eigenvalue weighted by molar-refractivity contribution is -0.120. The Kier molecular flexibility index (Phi) is 6.21. The summed E-state index contributed by atoms with van der Waals surface area (Å²) in [5.41, 5.74) is 6.56. The molecule has 1 aliphatic carbocycles. The molecule has 0 saturated heterocycles. The van der Waals surface area contributed by atoms with E-state index in [9.17, 15) is 4.79 Å². The van der Waals surface area contributed by atoms with Gasteiger partial charge in [-0.15, -0.1) is 0 Å². The third-order valence-electron chi connectivity index (χ3n) is 4.23. The zero-order chi connectivity index (χ0) is 15.9. The first kappa shape index (κ1) is 16.8. The van der Waals surface area contributed by atoms with Gasteiger partial charge in [-0.2, -0.15) is 0 Å². The van der Waals surface area contributed by atoms with E-state index in [1.807, 2.05) is 38.4 Å². The van der Waals surface area contributed by atoms with Gasteiger partial charge in [0, 0.05) is 18.2 Å². The molecule has 2 atom stereocenters. The fraction of sp³-hybridized carbons (Fsp3) is 0.588. The molecule has 1 aromatic carbocycles. The van der Waals surface area contributed by atoms with Gasteiger partial charge in [-0.05, 0) is 63.7 Å². The highest BCUT2D eigenvalue weighted by Gasteiger charge is 2.31. The third-order valence-corrected chi connectivity index (χ3v) is 4.23. The van der Waals surface area contributed by atoms with E-state index in [0.717, 1.165) is 37.2 Å². The predicted octanol–water partition coefficient (Wildman–Crippen LogP) is 1.94. The fourth-order valence-electron chi connectivity index (χ4n) is 2.88. The van der Waals surface area contributed by atoms with Crippen molar-refractivity contribution in [1.82, 2.24) is 4.90 Å². The summed E-state index contributed by atoms with van der Waals surface area (Å²) < 4.78 is 5.64. The summed E-state index contributed by atoms with van der Waals surface area (Å²) in [4.78, 5) is 14.4. The van der Waals surface area contributed by atoms with Gasteiger partial charge in [-0.3, -0.25) is 4.79 Å². The number of hydrogen-bond acceptors (Lipinski definition) is 4. The van der Waals surface area contributed by atoms with Crippen molar-refractivity contribution in [2.45, 2.75) is 19.3 Å². The first-order valence-electron chi connectivity index (χ1n) is 7.98. The number of anilines is 1. The van der Waals surface area contributed by atoms with Crippen LogP contribution in [0.4, 0.5) is 5.69 Å². The number of nitrogens with one attached hydrogen (secondary N) is 1. The normalized spacial score (nSPS) is 21.1. The van der Waals surface area contributed by atoms with Crippen molar-refractivity contribution in [3.8, 4) is 5.75 Å². The van der Waals surface area contributed by atoms with Gasteiger partial charge >= 0.3 is 0 Å². The summed E-state index contributed by atoms with van der Waals surface area (Å²) in [6.07, 6.45) is 3.10. The quantitative estimate of drug-likeness (QED) is 0.808. The number of amides is 1. The maximum atomic E-state index is 12.3. The number of nitrogens with zero attached hydrogens (tertiary/aromatic N) is 1. The van der Waals surface area contributed by atoms with Crippen molar-refractivity contribution < 1.29 is 9.53 Å². The summed E-state index contributed by atoms with van der Waals surface area (Å²) in [5.74, 6) is 1.30. The smallest absolute Gasteiger partial charge is 0.227 e. The summed E-state index contributed by atoms with van der Waals surface area (Å²) in [6.45, 7) is 2.12.